The summed E-state index contributed by atoms with van der Waals surface area (Å²) in [6, 6.07) is 7.07. The molecule has 1 fully saturated rings. The molecule has 112 valence electrons. The highest BCUT2D eigenvalue weighted by Gasteiger charge is 2.16. The van der Waals surface area contributed by atoms with Crippen molar-refractivity contribution in [3.05, 3.63) is 34.6 Å². The van der Waals surface area contributed by atoms with Crippen LogP contribution in [0.4, 0.5) is 0 Å². The van der Waals surface area contributed by atoms with Gasteiger partial charge in [-0.15, -0.1) is 5.10 Å². The second-order valence-corrected chi connectivity index (χ2v) is 5.16. The average Bonchev–Trinajstić information content (AvgIpc) is 2.51. The molecular weight excluding hydrogens is 272 g/mol. The first kappa shape index (κ1) is 14.1. The molecule has 1 saturated heterocycles. The second-order valence-electron chi connectivity index (χ2n) is 5.16. The highest BCUT2D eigenvalue weighted by Crippen LogP contribution is 2.04. The molecule has 0 aliphatic carbocycles. The van der Waals surface area contributed by atoms with Crippen molar-refractivity contribution >= 4 is 10.9 Å². The van der Waals surface area contributed by atoms with Gasteiger partial charge in [-0.05, 0) is 12.1 Å². The van der Waals surface area contributed by atoms with Gasteiger partial charge in [0.2, 0.25) is 0 Å². The Morgan fingerprint density at radius 1 is 1.24 bits per heavy atom. The van der Waals surface area contributed by atoms with E-state index in [1.807, 2.05) is 6.07 Å². The summed E-state index contributed by atoms with van der Waals surface area (Å²) in [6.45, 7) is 3.62. The van der Waals surface area contributed by atoms with E-state index in [1.54, 1.807) is 18.2 Å². The number of ether oxygens (including phenoxy) is 1. The van der Waals surface area contributed by atoms with Crippen molar-refractivity contribution in [2.45, 2.75) is 12.6 Å². The minimum Gasteiger partial charge on any atom is -0.390 e. The number of nitrogens with zero attached hydrogens (tertiary/aromatic N) is 4. The van der Waals surface area contributed by atoms with Gasteiger partial charge in [0.1, 0.15) is 5.52 Å². The normalized spacial score (nSPS) is 18.0. The minimum absolute atomic E-state index is 0.147. The van der Waals surface area contributed by atoms with Gasteiger partial charge in [0.05, 0.1) is 31.2 Å². The zero-order valence-corrected chi connectivity index (χ0v) is 11.7. The first-order chi connectivity index (χ1) is 10.2. The molecule has 1 atom stereocenters. The lowest BCUT2D eigenvalue weighted by Gasteiger charge is -2.28. The van der Waals surface area contributed by atoms with Crippen LogP contribution in [0.5, 0.6) is 0 Å². The standard InChI is InChI=1S/C14H18N4O3/c19-11(9-17-5-7-21-8-6-17)10-18-14(20)12-3-1-2-4-13(12)15-16-18/h1-4,11,19H,5-10H2. The van der Waals surface area contributed by atoms with E-state index < -0.39 is 6.10 Å². The van der Waals surface area contributed by atoms with Crippen LogP contribution in [-0.2, 0) is 11.3 Å². The van der Waals surface area contributed by atoms with E-state index in [9.17, 15) is 9.90 Å². The summed E-state index contributed by atoms with van der Waals surface area (Å²) in [4.78, 5) is 14.4. The van der Waals surface area contributed by atoms with Crippen molar-refractivity contribution in [2.75, 3.05) is 32.8 Å². The van der Waals surface area contributed by atoms with Gasteiger partial charge in [-0.25, -0.2) is 4.68 Å². The van der Waals surface area contributed by atoms with Crippen LogP contribution in [0.2, 0.25) is 0 Å². The van der Waals surface area contributed by atoms with Gasteiger partial charge in [-0.1, -0.05) is 17.3 Å². The number of rotatable bonds is 4. The number of fused-ring (bicyclic) bond motifs is 1. The third-order valence-corrected chi connectivity index (χ3v) is 3.59. The van der Waals surface area contributed by atoms with E-state index >= 15 is 0 Å². The summed E-state index contributed by atoms with van der Waals surface area (Å²) < 4.78 is 6.50. The molecule has 2 aromatic rings. The lowest BCUT2D eigenvalue weighted by Crippen LogP contribution is -2.43. The van der Waals surface area contributed by atoms with E-state index in [4.69, 9.17) is 4.74 Å². The molecule has 2 heterocycles. The largest absolute Gasteiger partial charge is 0.390 e. The molecule has 0 radical (unpaired) electrons. The van der Waals surface area contributed by atoms with Gasteiger partial charge in [0.25, 0.3) is 5.56 Å². The number of morpholine rings is 1. The highest BCUT2D eigenvalue weighted by atomic mass is 16.5. The Hall–Kier alpha value is -1.83. The highest BCUT2D eigenvalue weighted by molar-refractivity contribution is 5.76. The Balaban J connectivity index is 1.72. The summed E-state index contributed by atoms with van der Waals surface area (Å²) in [5.74, 6) is 0. The van der Waals surface area contributed by atoms with Crippen LogP contribution in [0.25, 0.3) is 10.9 Å². The summed E-state index contributed by atoms with van der Waals surface area (Å²) in [7, 11) is 0. The lowest BCUT2D eigenvalue weighted by atomic mass is 10.2. The molecule has 1 aliphatic heterocycles. The van der Waals surface area contributed by atoms with Crippen LogP contribution in [0.3, 0.4) is 0 Å². The molecule has 1 unspecified atom stereocenters. The van der Waals surface area contributed by atoms with Gasteiger partial charge < -0.3 is 9.84 Å². The summed E-state index contributed by atoms with van der Waals surface area (Å²) in [5, 5.41) is 18.6. The molecule has 1 N–H and O–H groups in total. The quantitative estimate of drug-likeness (QED) is 0.816. The van der Waals surface area contributed by atoms with E-state index in [2.05, 4.69) is 15.2 Å². The molecule has 0 amide bonds. The second kappa shape index (κ2) is 6.30. The van der Waals surface area contributed by atoms with Gasteiger partial charge in [-0.3, -0.25) is 9.69 Å². The number of aliphatic hydroxyl groups excluding tert-OH is 1. The van der Waals surface area contributed by atoms with Crippen molar-refractivity contribution in [3.63, 3.8) is 0 Å². The number of aliphatic hydroxyl groups is 1. The Bertz CT molecular complexity index is 667. The van der Waals surface area contributed by atoms with Crippen molar-refractivity contribution in [1.29, 1.82) is 0 Å². The molecule has 1 aromatic heterocycles. The predicted octanol–water partition coefficient (Wildman–Crippen LogP) is -0.515. The van der Waals surface area contributed by atoms with E-state index in [-0.39, 0.29) is 12.1 Å². The van der Waals surface area contributed by atoms with Gasteiger partial charge in [0, 0.05) is 19.6 Å². The monoisotopic (exact) mass is 290 g/mol. The summed E-state index contributed by atoms with van der Waals surface area (Å²) >= 11 is 0. The zero-order valence-electron chi connectivity index (χ0n) is 11.7. The Morgan fingerprint density at radius 2 is 2.00 bits per heavy atom. The first-order valence-corrected chi connectivity index (χ1v) is 7.05. The number of hydrogen-bond acceptors (Lipinski definition) is 6. The molecule has 7 nitrogen and oxygen atoms in total. The number of aromatic nitrogens is 3. The Kier molecular flexibility index (Phi) is 4.23. The maximum atomic E-state index is 12.3. The molecule has 7 heteroatoms. The van der Waals surface area contributed by atoms with Crippen molar-refractivity contribution < 1.29 is 9.84 Å². The fourth-order valence-electron chi connectivity index (χ4n) is 2.48. The van der Waals surface area contributed by atoms with Crippen LogP contribution < -0.4 is 5.56 Å². The smallest absolute Gasteiger partial charge is 0.277 e. The fourth-order valence-corrected chi connectivity index (χ4v) is 2.48. The first-order valence-electron chi connectivity index (χ1n) is 7.05. The molecule has 1 aliphatic rings. The number of β-amino-alcohol motifs (C(OH)–C–C–N with tert-alkyl or cyclic N) is 1. The van der Waals surface area contributed by atoms with Crippen LogP contribution >= 0.6 is 0 Å². The van der Waals surface area contributed by atoms with Crippen molar-refractivity contribution in [3.8, 4) is 0 Å². The molecule has 0 spiro atoms. The molecule has 1 aromatic carbocycles. The van der Waals surface area contributed by atoms with Crippen LogP contribution in [0, 0.1) is 0 Å². The Morgan fingerprint density at radius 3 is 2.81 bits per heavy atom. The van der Waals surface area contributed by atoms with Gasteiger partial charge in [-0.2, -0.15) is 0 Å². The molecule has 0 bridgehead atoms. The van der Waals surface area contributed by atoms with E-state index in [1.165, 1.54) is 4.68 Å². The maximum Gasteiger partial charge on any atom is 0.277 e. The zero-order chi connectivity index (χ0) is 14.7. The van der Waals surface area contributed by atoms with E-state index in [0.717, 1.165) is 13.1 Å². The summed E-state index contributed by atoms with van der Waals surface area (Å²) in [5.41, 5.74) is 0.350. The maximum absolute atomic E-state index is 12.3. The van der Waals surface area contributed by atoms with Crippen LogP contribution in [0.15, 0.2) is 29.1 Å². The van der Waals surface area contributed by atoms with Crippen molar-refractivity contribution in [1.82, 2.24) is 19.9 Å². The lowest BCUT2D eigenvalue weighted by molar-refractivity contribution is 0.0104. The molecular formula is C14H18N4O3. The predicted molar refractivity (Wildman–Crippen MR) is 77.1 cm³/mol. The third kappa shape index (κ3) is 3.26. The van der Waals surface area contributed by atoms with Crippen molar-refractivity contribution in [2.24, 2.45) is 0 Å². The van der Waals surface area contributed by atoms with Crippen LogP contribution in [0.1, 0.15) is 0 Å². The SMILES string of the molecule is O=c1c2ccccc2nnn1CC(O)CN1CCOCC1. The summed E-state index contributed by atoms with van der Waals surface area (Å²) in [6.07, 6.45) is -0.656. The minimum atomic E-state index is -0.656. The van der Waals surface area contributed by atoms with Gasteiger partial charge in [0.15, 0.2) is 0 Å². The Labute approximate surface area is 121 Å². The van der Waals surface area contributed by atoms with Gasteiger partial charge >= 0.3 is 0 Å². The molecule has 21 heavy (non-hydrogen) atoms. The van der Waals surface area contributed by atoms with E-state index in [0.29, 0.717) is 30.7 Å². The van der Waals surface area contributed by atoms with Crippen LogP contribution in [-0.4, -0.2) is 64.0 Å². The average molecular weight is 290 g/mol. The number of benzene rings is 1. The molecule has 0 saturated carbocycles. The molecule has 3 rings (SSSR count). The third-order valence-electron chi connectivity index (χ3n) is 3.59. The fraction of sp³-hybridized carbons (Fsp3) is 0.500. The topological polar surface area (TPSA) is 80.5 Å². The number of hydrogen-bond donors (Lipinski definition) is 1.